The van der Waals surface area contributed by atoms with Gasteiger partial charge in [-0.05, 0) is 39.5 Å². The minimum atomic E-state index is -0.146. The standard InChI is InChI=1S/C15H31NO2.2C2H6/c1-7-10-15(6,9-3)18-12-11-14(5,8-2)16-13(4)17;2*1-2/h7-12H2,1-6H3,(H,16,17);2*1-2H3. The Hall–Kier alpha value is -0.570. The monoisotopic (exact) mass is 317 g/mol. The molecule has 2 unspecified atom stereocenters. The molecule has 0 heterocycles. The van der Waals surface area contributed by atoms with Gasteiger partial charge >= 0.3 is 0 Å². The minimum absolute atomic E-state index is 0.0143. The highest BCUT2D eigenvalue weighted by Crippen LogP contribution is 2.23. The third kappa shape index (κ3) is 13.1. The second-order valence-electron chi connectivity index (χ2n) is 5.75. The fourth-order valence-electron chi connectivity index (χ4n) is 2.16. The highest BCUT2D eigenvalue weighted by atomic mass is 16.5. The van der Waals surface area contributed by atoms with E-state index >= 15 is 0 Å². The average Bonchev–Trinajstić information content (AvgIpc) is 2.51. The summed E-state index contributed by atoms with van der Waals surface area (Å²) in [6.45, 7) is 21.0. The number of hydrogen-bond donors (Lipinski definition) is 1. The number of ether oxygens (including phenoxy) is 1. The molecule has 3 heteroatoms. The molecule has 0 bridgehead atoms. The van der Waals surface area contributed by atoms with Crippen LogP contribution in [0.3, 0.4) is 0 Å². The Morgan fingerprint density at radius 1 is 0.955 bits per heavy atom. The predicted molar refractivity (Wildman–Crippen MR) is 99.4 cm³/mol. The average molecular weight is 318 g/mol. The van der Waals surface area contributed by atoms with Crippen LogP contribution in [0.1, 0.15) is 101 Å². The van der Waals surface area contributed by atoms with Crippen molar-refractivity contribution in [3.63, 3.8) is 0 Å². The van der Waals surface area contributed by atoms with Crippen LogP contribution in [-0.4, -0.2) is 23.7 Å². The molecule has 1 N–H and O–H groups in total. The fraction of sp³-hybridized carbons (Fsp3) is 0.947. The fourth-order valence-corrected chi connectivity index (χ4v) is 2.16. The Labute approximate surface area is 140 Å². The molecule has 0 aliphatic carbocycles. The number of hydrogen-bond acceptors (Lipinski definition) is 2. The molecule has 0 rings (SSSR count). The number of rotatable bonds is 9. The van der Waals surface area contributed by atoms with Gasteiger partial charge in [-0.15, -0.1) is 0 Å². The van der Waals surface area contributed by atoms with Gasteiger partial charge < -0.3 is 10.1 Å². The van der Waals surface area contributed by atoms with E-state index in [4.69, 9.17) is 4.74 Å². The van der Waals surface area contributed by atoms with Crippen molar-refractivity contribution in [1.29, 1.82) is 0 Å². The van der Waals surface area contributed by atoms with Crippen molar-refractivity contribution in [2.24, 2.45) is 0 Å². The highest BCUT2D eigenvalue weighted by Gasteiger charge is 2.26. The first-order chi connectivity index (χ1) is 10.3. The maximum atomic E-state index is 11.2. The summed E-state index contributed by atoms with van der Waals surface area (Å²) in [6, 6.07) is 0. The van der Waals surface area contributed by atoms with E-state index < -0.39 is 0 Å². The Balaban J connectivity index is -0.000000826. The zero-order valence-electron chi connectivity index (χ0n) is 17.1. The highest BCUT2D eigenvalue weighted by molar-refractivity contribution is 5.73. The molecule has 0 aromatic carbocycles. The van der Waals surface area contributed by atoms with E-state index in [2.05, 4.69) is 39.9 Å². The third-order valence-electron chi connectivity index (χ3n) is 3.89. The van der Waals surface area contributed by atoms with Crippen LogP contribution < -0.4 is 5.32 Å². The smallest absolute Gasteiger partial charge is 0.217 e. The summed E-state index contributed by atoms with van der Waals surface area (Å²) in [4.78, 5) is 11.2. The summed E-state index contributed by atoms with van der Waals surface area (Å²) in [5.74, 6) is 0.0335. The number of carbonyl (C=O) groups is 1. The summed E-state index contributed by atoms with van der Waals surface area (Å²) in [6.07, 6.45) is 5.05. The van der Waals surface area contributed by atoms with Crippen molar-refractivity contribution in [1.82, 2.24) is 5.32 Å². The van der Waals surface area contributed by atoms with E-state index in [0.29, 0.717) is 6.61 Å². The van der Waals surface area contributed by atoms with Crippen LogP contribution in [0.25, 0.3) is 0 Å². The molecule has 0 saturated carbocycles. The molecule has 22 heavy (non-hydrogen) atoms. The molecule has 1 amide bonds. The predicted octanol–water partition coefficient (Wildman–Crippen LogP) is 5.72. The number of amides is 1. The summed E-state index contributed by atoms with van der Waals surface area (Å²) < 4.78 is 6.05. The lowest BCUT2D eigenvalue weighted by Crippen LogP contribution is -2.45. The quantitative estimate of drug-likeness (QED) is 0.590. The Kier molecular flexibility index (Phi) is 18.4. The third-order valence-corrected chi connectivity index (χ3v) is 3.89. The molecular weight excluding hydrogens is 274 g/mol. The van der Waals surface area contributed by atoms with Crippen molar-refractivity contribution < 1.29 is 9.53 Å². The zero-order valence-corrected chi connectivity index (χ0v) is 17.1. The summed E-state index contributed by atoms with van der Waals surface area (Å²) in [5, 5.41) is 3.02. The summed E-state index contributed by atoms with van der Waals surface area (Å²) >= 11 is 0. The van der Waals surface area contributed by atoms with Gasteiger partial charge in [0.2, 0.25) is 5.91 Å². The van der Waals surface area contributed by atoms with E-state index in [-0.39, 0.29) is 17.0 Å². The van der Waals surface area contributed by atoms with Gasteiger partial charge in [-0.1, -0.05) is 54.9 Å². The van der Waals surface area contributed by atoms with Crippen LogP contribution in [0.4, 0.5) is 0 Å². The topological polar surface area (TPSA) is 38.3 Å². The van der Waals surface area contributed by atoms with Gasteiger partial charge in [0.15, 0.2) is 0 Å². The van der Waals surface area contributed by atoms with Crippen LogP contribution in [-0.2, 0) is 9.53 Å². The van der Waals surface area contributed by atoms with Crippen molar-refractivity contribution in [2.45, 2.75) is 112 Å². The van der Waals surface area contributed by atoms with E-state index in [1.807, 2.05) is 27.7 Å². The zero-order chi connectivity index (χ0) is 18.2. The summed E-state index contributed by atoms with van der Waals surface area (Å²) in [7, 11) is 0. The van der Waals surface area contributed by atoms with E-state index in [0.717, 1.165) is 32.1 Å². The molecule has 0 radical (unpaired) electrons. The number of carbonyl (C=O) groups excluding carboxylic acids is 1. The van der Waals surface area contributed by atoms with Gasteiger partial charge in [0.1, 0.15) is 0 Å². The largest absolute Gasteiger partial charge is 0.375 e. The lowest BCUT2D eigenvalue weighted by atomic mass is 9.94. The summed E-state index contributed by atoms with van der Waals surface area (Å²) in [5.41, 5.74) is -0.160. The second-order valence-corrected chi connectivity index (χ2v) is 5.75. The number of nitrogens with one attached hydrogen (secondary N) is 1. The van der Waals surface area contributed by atoms with Crippen LogP contribution >= 0.6 is 0 Å². The van der Waals surface area contributed by atoms with E-state index in [1.54, 1.807) is 6.92 Å². The molecular formula is C19H43NO2. The van der Waals surface area contributed by atoms with Crippen molar-refractivity contribution in [3.8, 4) is 0 Å². The Morgan fingerprint density at radius 3 is 1.77 bits per heavy atom. The van der Waals surface area contributed by atoms with E-state index in [9.17, 15) is 4.79 Å². The normalized spacial score (nSPS) is 15.2. The Bertz CT molecular complexity index is 256. The van der Waals surface area contributed by atoms with Crippen LogP contribution in [0.5, 0.6) is 0 Å². The maximum absolute atomic E-state index is 11.2. The van der Waals surface area contributed by atoms with Crippen LogP contribution in [0.15, 0.2) is 0 Å². The molecule has 0 fully saturated rings. The Morgan fingerprint density at radius 2 is 1.45 bits per heavy atom. The lowest BCUT2D eigenvalue weighted by molar-refractivity contribution is -0.121. The molecule has 0 saturated heterocycles. The second kappa shape index (κ2) is 15.3. The van der Waals surface area contributed by atoms with Crippen LogP contribution in [0.2, 0.25) is 0 Å². The molecule has 3 nitrogen and oxygen atoms in total. The molecule has 136 valence electrons. The maximum Gasteiger partial charge on any atom is 0.217 e. The van der Waals surface area contributed by atoms with Gasteiger partial charge in [0.05, 0.1) is 5.60 Å². The van der Waals surface area contributed by atoms with Crippen molar-refractivity contribution >= 4 is 5.91 Å². The van der Waals surface area contributed by atoms with E-state index in [1.165, 1.54) is 0 Å². The van der Waals surface area contributed by atoms with Gasteiger partial charge in [0.25, 0.3) is 0 Å². The van der Waals surface area contributed by atoms with Crippen molar-refractivity contribution in [2.75, 3.05) is 6.61 Å². The van der Waals surface area contributed by atoms with Crippen molar-refractivity contribution in [3.05, 3.63) is 0 Å². The van der Waals surface area contributed by atoms with Gasteiger partial charge in [-0.25, -0.2) is 0 Å². The van der Waals surface area contributed by atoms with Crippen LogP contribution in [0, 0.1) is 0 Å². The van der Waals surface area contributed by atoms with Gasteiger partial charge in [0, 0.05) is 19.1 Å². The molecule has 0 aliphatic rings. The molecule has 0 spiro atoms. The first kappa shape index (κ1) is 26.3. The minimum Gasteiger partial charge on any atom is -0.375 e. The first-order valence-electron chi connectivity index (χ1n) is 9.23. The first-order valence-corrected chi connectivity index (χ1v) is 9.23. The lowest BCUT2D eigenvalue weighted by Gasteiger charge is -2.33. The van der Waals surface area contributed by atoms with Gasteiger partial charge in [-0.3, -0.25) is 4.79 Å². The van der Waals surface area contributed by atoms with Gasteiger partial charge in [-0.2, -0.15) is 0 Å². The molecule has 0 aromatic rings. The SMILES string of the molecule is CC.CC.CCCC(C)(CC)OCCC(C)(CC)NC(C)=O. The molecule has 0 aliphatic heterocycles. The molecule has 2 atom stereocenters. The molecule has 0 aromatic heterocycles.